The molecule has 3 heteroatoms. The number of ketones is 1. The van der Waals surface area contributed by atoms with Gasteiger partial charge in [0.15, 0.2) is 5.78 Å². The highest BCUT2D eigenvalue weighted by Crippen LogP contribution is 2.21. The maximum absolute atomic E-state index is 13.3. The molecule has 1 saturated heterocycles. The molecule has 1 fully saturated rings. The van der Waals surface area contributed by atoms with E-state index in [9.17, 15) is 9.18 Å². The van der Waals surface area contributed by atoms with E-state index in [1.54, 1.807) is 19.1 Å². The van der Waals surface area contributed by atoms with E-state index in [2.05, 4.69) is 11.8 Å². The second kappa shape index (κ2) is 6.98. The molecule has 0 aromatic heterocycles. The van der Waals surface area contributed by atoms with Crippen LogP contribution in [0.15, 0.2) is 18.2 Å². The summed E-state index contributed by atoms with van der Waals surface area (Å²) in [4.78, 5) is 15.0. The second-order valence-corrected chi connectivity index (χ2v) is 5.73. The van der Waals surface area contributed by atoms with Crippen LogP contribution in [0.3, 0.4) is 0 Å². The van der Waals surface area contributed by atoms with Crippen LogP contribution in [0.2, 0.25) is 0 Å². The van der Waals surface area contributed by atoms with Gasteiger partial charge in [0, 0.05) is 5.56 Å². The molecule has 110 valence electrons. The van der Waals surface area contributed by atoms with Gasteiger partial charge >= 0.3 is 0 Å². The van der Waals surface area contributed by atoms with Gasteiger partial charge in [0.05, 0.1) is 6.04 Å². The Morgan fingerprint density at radius 1 is 1.35 bits per heavy atom. The molecule has 2 nitrogen and oxygen atoms in total. The molecule has 0 spiro atoms. The Balaban J connectivity index is 2.17. The van der Waals surface area contributed by atoms with E-state index in [0.717, 1.165) is 32.4 Å². The summed E-state index contributed by atoms with van der Waals surface area (Å²) in [6.07, 6.45) is 5.43. The van der Waals surface area contributed by atoms with E-state index in [4.69, 9.17) is 0 Å². The van der Waals surface area contributed by atoms with Crippen molar-refractivity contribution in [2.45, 2.75) is 52.0 Å². The number of carbonyl (C=O) groups is 1. The van der Waals surface area contributed by atoms with E-state index < -0.39 is 0 Å². The van der Waals surface area contributed by atoms with Crippen LogP contribution in [0.5, 0.6) is 0 Å². The van der Waals surface area contributed by atoms with Crippen LogP contribution < -0.4 is 0 Å². The molecule has 2 rings (SSSR count). The number of nitrogens with zero attached hydrogens (tertiary/aromatic N) is 1. The Morgan fingerprint density at radius 2 is 2.05 bits per heavy atom. The molecule has 0 bridgehead atoms. The van der Waals surface area contributed by atoms with Crippen LogP contribution in [0.1, 0.15) is 54.9 Å². The molecule has 20 heavy (non-hydrogen) atoms. The third-order valence-electron chi connectivity index (χ3n) is 4.16. The van der Waals surface area contributed by atoms with Gasteiger partial charge in [0.1, 0.15) is 5.82 Å². The first-order valence-corrected chi connectivity index (χ1v) is 7.68. The average molecular weight is 277 g/mol. The van der Waals surface area contributed by atoms with Crippen LogP contribution >= 0.6 is 0 Å². The number of unbranched alkanes of at least 4 members (excludes halogenated alkanes) is 1. The fourth-order valence-corrected chi connectivity index (χ4v) is 2.92. The van der Waals surface area contributed by atoms with Crippen LogP contribution in [0.4, 0.5) is 4.39 Å². The first-order valence-electron chi connectivity index (χ1n) is 7.68. The van der Waals surface area contributed by atoms with Gasteiger partial charge in [-0.05, 0) is 63.0 Å². The number of Topliss-reactive ketones (excluding diaryl/α,β-unsaturated/α-hetero) is 1. The summed E-state index contributed by atoms with van der Waals surface area (Å²) >= 11 is 0. The lowest BCUT2D eigenvalue weighted by molar-refractivity contribution is 0.0835. The fraction of sp³-hybridized carbons (Fsp3) is 0.588. The molecule has 0 aliphatic carbocycles. The molecular weight excluding hydrogens is 253 g/mol. The maximum Gasteiger partial charge on any atom is 0.179 e. The molecule has 0 N–H and O–H groups in total. The smallest absolute Gasteiger partial charge is 0.179 e. The zero-order valence-corrected chi connectivity index (χ0v) is 12.5. The highest BCUT2D eigenvalue weighted by Gasteiger charge is 2.28. The number of aryl methyl sites for hydroxylation is 1. The topological polar surface area (TPSA) is 20.3 Å². The van der Waals surface area contributed by atoms with Gasteiger partial charge in [-0.1, -0.05) is 19.8 Å². The van der Waals surface area contributed by atoms with Crippen LogP contribution in [-0.4, -0.2) is 29.8 Å². The minimum absolute atomic E-state index is 0.0256. The monoisotopic (exact) mass is 277 g/mol. The Kier molecular flexibility index (Phi) is 5.30. The maximum atomic E-state index is 13.3. The van der Waals surface area contributed by atoms with Gasteiger partial charge in [-0.3, -0.25) is 9.69 Å². The summed E-state index contributed by atoms with van der Waals surface area (Å²) in [6.45, 7) is 5.89. The molecular formula is C17H24FNO. The summed E-state index contributed by atoms with van der Waals surface area (Å²) in [5.74, 6) is -0.0868. The summed E-state index contributed by atoms with van der Waals surface area (Å²) in [7, 11) is 0. The van der Waals surface area contributed by atoms with Crippen molar-refractivity contribution in [3.8, 4) is 0 Å². The van der Waals surface area contributed by atoms with Crippen molar-refractivity contribution in [1.82, 2.24) is 4.90 Å². The highest BCUT2D eigenvalue weighted by molar-refractivity contribution is 6.00. The number of rotatable bonds is 6. The zero-order valence-electron chi connectivity index (χ0n) is 12.5. The number of benzene rings is 1. The summed E-state index contributed by atoms with van der Waals surface area (Å²) in [5, 5.41) is 0. The van der Waals surface area contributed by atoms with Crippen molar-refractivity contribution in [3.05, 3.63) is 35.1 Å². The quantitative estimate of drug-likeness (QED) is 0.733. The number of likely N-dealkylation sites (tertiary alicyclic amines) is 1. The largest absolute Gasteiger partial charge is 0.293 e. The third-order valence-corrected chi connectivity index (χ3v) is 4.16. The van der Waals surface area contributed by atoms with Crippen molar-refractivity contribution >= 4 is 5.78 Å². The molecule has 0 saturated carbocycles. The molecule has 1 aliphatic heterocycles. The Labute approximate surface area is 121 Å². The molecule has 1 unspecified atom stereocenters. The van der Waals surface area contributed by atoms with Gasteiger partial charge in [-0.15, -0.1) is 0 Å². The van der Waals surface area contributed by atoms with Gasteiger partial charge in [0.2, 0.25) is 0 Å². The minimum atomic E-state index is -0.243. The number of hydrogen-bond donors (Lipinski definition) is 0. The Morgan fingerprint density at radius 3 is 2.65 bits per heavy atom. The molecule has 1 aromatic rings. The Bertz CT molecular complexity index is 466. The third kappa shape index (κ3) is 3.45. The first kappa shape index (κ1) is 15.2. The van der Waals surface area contributed by atoms with Crippen molar-refractivity contribution in [2.24, 2.45) is 0 Å². The molecule has 0 radical (unpaired) electrons. The Hall–Kier alpha value is -1.22. The van der Waals surface area contributed by atoms with Crippen LogP contribution in [0, 0.1) is 12.7 Å². The molecule has 0 amide bonds. The predicted molar refractivity (Wildman–Crippen MR) is 79.6 cm³/mol. The molecule has 1 heterocycles. The predicted octanol–water partition coefficient (Wildman–Crippen LogP) is 3.97. The van der Waals surface area contributed by atoms with Gasteiger partial charge in [0.25, 0.3) is 0 Å². The lowest BCUT2D eigenvalue weighted by Crippen LogP contribution is -2.39. The van der Waals surface area contributed by atoms with E-state index in [1.807, 2.05) is 0 Å². The summed E-state index contributed by atoms with van der Waals surface area (Å²) in [5.41, 5.74) is 1.20. The van der Waals surface area contributed by atoms with E-state index in [-0.39, 0.29) is 17.6 Å². The first-order chi connectivity index (χ1) is 9.63. The van der Waals surface area contributed by atoms with Crippen molar-refractivity contribution < 1.29 is 9.18 Å². The summed E-state index contributed by atoms with van der Waals surface area (Å²) < 4.78 is 13.3. The average Bonchev–Trinajstić information content (AvgIpc) is 2.96. The second-order valence-electron chi connectivity index (χ2n) is 5.73. The van der Waals surface area contributed by atoms with Crippen molar-refractivity contribution in [2.75, 3.05) is 13.1 Å². The van der Waals surface area contributed by atoms with E-state index in [1.165, 1.54) is 18.9 Å². The number of hydrogen-bond acceptors (Lipinski definition) is 2. The lowest BCUT2D eigenvalue weighted by Gasteiger charge is -2.26. The van der Waals surface area contributed by atoms with Gasteiger partial charge in [-0.2, -0.15) is 0 Å². The van der Waals surface area contributed by atoms with Crippen LogP contribution in [-0.2, 0) is 0 Å². The van der Waals surface area contributed by atoms with E-state index >= 15 is 0 Å². The minimum Gasteiger partial charge on any atom is -0.293 e. The van der Waals surface area contributed by atoms with E-state index in [0.29, 0.717) is 11.1 Å². The highest BCUT2D eigenvalue weighted by atomic mass is 19.1. The standard InChI is InChI=1S/C17H24FNO/c1-3-4-7-16(19-10-5-6-11-19)17(20)14-8-9-15(18)13(2)12-14/h8-9,12,16H,3-7,10-11H2,1-2H3. The number of halogens is 1. The number of carbonyl (C=O) groups excluding carboxylic acids is 1. The summed E-state index contributed by atoms with van der Waals surface area (Å²) in [6, 6.07) is 4.69. The zero-order chi connectivity index (χ0) is 14.5. The van der Waals surface area contributed by atoms with Crippen molar-refractivity contribution in [1.29, 1.82) is 0 Å². The van der Waals surface area contributed by atoms with Crippen LogP contribution in [0.25, 0.3) is 0 Å². The molecule has 1 atom stereocenters. The van der Waals surface area contributed by atoms with Gasteiger partial charge in [-0.25, -0.2) is 4.39 Å². The fourth-order valence-electron chi connectivity index (χ4n) is 2.92. The molecule has 1 aromatic carbocycles. The molecule has 1 aliphatic rings. The normalized spacial score (nSPS) is 17.4. The SMILES string of the molecule is CCCCC(C(=O)c1ccc(F)c(C)c1)N1CCCC1. The van der Waals surface area contributed by atoms with Gasteiger partial charge < -0.3 is 0 Å². The lowest BCUT2D eigenvalue weighted by atomic mass is 9.97. The van der Waals surface area contributed by atoms with Crippen molar-refractivity contribution in [3.63, 3.8) is 0 Å².